The number of piperidine rings is 1. The number of aliphatic carboxylic acids is 1. The van der Waals surface area contributed by atoms with Crippen LogP contribution in [0.4, 0.5) is 18.9 Å². The number of alkyl halides is 3. The molecule has 17 nitrogen and oxygen atoms in total. The van der Waals surface area contributed by atoms with Crippen LogP contribution in [0.3, 0.4) is 0 Å². The van der Waals surface area contributed by atoms with Crippen molar-refractivity contribution in [3.63, 3.8) is 0 Å². The fraction of sp³-hybridized carbons (Fsp3) is 0.425. The smallest absolute Gasteiger partial charge is 0.435 e. The number of carbonyl (C=O) groups excluding carboxylic acids is 3. The van der Waals surface area contributed by atoms with Gasteiger partial charge in [-0.3, -0.25) is 14.4 Å². The van der Waals surface area contributed by atoms with Gasteiger partial charge in [-0.05, 0) is 30.3 Å². The molecule has 3 fully saturated rings. The molecule has 4 aromatic heterocycles. The Morgan fingerprint density at radius 3 is 2.36 bits per heavy atom. The number of anilines is 1. The Morgan fingerprint density at radius 1 is 1.00 bits per heavy atom. The lowest BCUT2D eigenvalue weighted by atomic mass is 9.90. The molecule has 322 valence electrons. The molecule has 3 aliphatic heterocycles. The third-order valence-corrected chi connectivity index (χ3v) is 12.3. The van der Waals surface area contributed by atoms with E-state index < -0.39 is 23.7 Å². The summed E-state index contributed by atoms with van der Waals surface area (Å²) in [6.45, 7) is 4.95. The number of carboxylic acids is 1. The number of H-pyrrole nitrogens is 1. The van der Waals surface area contributed by atoms with Crippen LogP contribution in [0.15, 0.2) is 48.9 Å². The highest BCUT2D eigenvalue weighted by molar-refractivity contribution is 6.34. The lowest BCUT2D eigenvalue weighted by Gasteiger charge is -2.46. The van der Waals surface area contributed by atoms with Crippen LogP contribution in [0.5, 0.6) is 0 Å². The third kappa shape index (κ3) is 8.57. The Balaban J connectivity index is 0.888. The van der Waals surface area contributed by atoms with Gasteiger partial charge in [-0.15, -0.1) is 0 Å². The number of likely N-dealkylation sites (tertiary alicyclic amines) is 1. The second kappa shape index (κ2) is 16.6. The van der Waals surface area contributed by atoms with Gasteiger partial charge in [-0.25, -0.2) is 19.4 Å². The summed E-state index contributed by atoms with van der Waals surface area (Å²) in [4.78, 5) is 66.9. The van der Waals surface area contributed by atoms with Gasteiger partial charge < -0.3 is 44.7 Å². The summed E-state index contributed by atoms with van der Waals surface area (Å²) in [5, 5.41) is 29.4. The Labute approximate surface area is 351 Å². The number of amides is 3. The Kier molecular flexibility index (Phi) is 11.4. The second-order valence-electron chi connectivity index (χ2n) is 16.0. The summed E-state index contributed by atoms with van der Waals surface area (Å²) in [7, 11) is 1.40. The first-order valence-corrected chi connectivity index (χ1v) is 20.2. The molecule has 61 heavy (non-hydrogen) atoms. The number of hydrogen-bond acceptors (Lipinski definition) is 9. The van der Waals surface area contributed by atoms with Crippen LogP contribution in [-0.4, -0.2) is 143 Å². The molecule has 0 saturated carbocycles. The van der Waals surface area contributed by atoms with E-state index in [1.165, 1.54) is 42.1 Å². The molecule has 3 amide bonds. The predicted molar refractivity (Wildman–Crippen MR) is 215 cm³/mol. The maximum atomic E-state index is 14.3. The summed E-state index contributed by atoms with van der Waals surface area (Å²) in [5.41, 5.74) is -0.0882. The fourth-order valence-corrected chi connectivity index (χ4v) is 8.90. The van der Waals surface area contributed by atoms with Crippen molar-refractivity contribution in [2.75, 3.05) is 70.8 Å². The van der Waals surface area contributed by atoms with Crippen LogP contribution in [0.25, 0.3) is 28.0 Å². The molecule has 8 rings (SSSR count). The fourth-order valence-electron chi connectivity index (χ4n) is 8.64. The van der Waals surface area contributed by atoms with Crippen LogP contribution >= 0.6 is 11.6 Å². The number of benzene rings is 1. The number of piperazine rings is 1. The van der Waals surface area contributed by atoms with Crippen LogP contribution in [-0.2, 0) is 29.4 Å². The first-order valence-electron chi connectivity index (χ1n) is 19.9. The molecule has 0 atom stereocenters. The molecule has 0 radical (unpaired) electrons. The van der Waals surface area contributed by atoms with Gasteiger partial charge >= 0.3 is 12.1 Å². The number of carbonyl (C=O) groups is 4. The largest absolute Gasteiger partial charge is 0.477 e. The number of aromatic amines is 1. The maximum Gasteiger partial charge on any atom is 0.435 e. The number of aromatic nitrogens is 6. The van der Waals surface area contributed by atoms with Crippen LogP contribution < -0.4 is 10.6 Å². The Bertz CT molecular complexity index is 2500. The van der Waals surface area contributed by atoms with Crippen molar-refractivity contribution in [1.29, 1.82) is 0 Å². The summed E-state index contributed by atoms with van der Waals surface area (Å²) in [6.07, 6.45) is 0.0957. The Hall–Kier alpha value is -5.83. The van der Waals surface area contributed by atoms with Gasteiger partial charge in [-0.2, -0.15) is 18.3 Å². The molecule has 0 spiro atoms. The highest BCUT2D eigenvalue weighted by atomic mass is 35.5. The lowest BCUT2D eigenvalue weighted by molar-refractivity contribution is -0.929. The molecule has 7 heterocycles. The van der Waals surface area contributed by atoms with Gasteiger partial charge in [0.1, 0.15) is 0 Å². The minimum atomic E-state index is -4.86. The molecule has 21 heteroatoms. The van der Waals surface area contributed by atoms with Crippen LogP contribution in [0.1, 0.15) is 45.2 Å². The standard InChI is InChI=1S/C40H43ClF3N11O6/c1-51-32(29-19-54(50-35(29)40(42,43)44)33-13-25-12-27(22-56)48-31(25)17-46-33)18-47-36(51)37(59)49-26-2-3-28(30(41)14-26)39(61)53-8-6-52(7-9-53)38(60)24-4-10-55(11-5-24,21-34(57)58)20-23-15-45-16-23/h2-3,12-14,17-19,23-24,45,56H,4-11,15-16,20-22H2,1H3,(H2-,46,48,49,57,58,59,61)/p+1. The average Bonchev–Trinajstić information content (AvgIpc) is 3.95. The number of hydrogen-bond donors (Lipinski definition) is 5. The summed E-state index contributed by atoms with van der Waals surface area (Å²) in [6, 6.07) is 7.53. The first-order chi connectivity index (χ1) is 29.1. The number of fused-ring (bicyclic) bond motifs is 1. The molecule has 3 aliphatic rings. The van der Waals surface area contributed by atoms with Crippen LogP contribution in [0, 0.1) is 11.8 Å². The number of halogens is 4. The highest BCUT2D eigenvalue weighted by Crippen LogP contribution is 2.37. The van der Waals surface area contributed by atoms with E-state index in [1.807, 2.05) is 0 Å². The van der Waals surface area contributed by atoms with E-state index in [4.69, 9.17) is 11.6 Å². The molecule has 0 unspecified atom stereocenters. The van der Waals surface area contributed by atoms with Crippen molar-refractivity contribution in [2.24, 2.45) is 18.9 Å². The molecule has 0 aliphatic carbocycles. The van der Waals surface area contributed by atoms with Gasteiger partial charge in [0.2, 0.25) is 5.91 Å². The Morgan fingerprint density at radius 2 is 1.72 bits per heavy atom. The minimum Gasteiger partial charge on any atom is -0.477 e. The molecular weight excluding hydrogens is 823 g/mol. The van der Waals surface area contributed by atoms with E-state index in [0.717, 1.165) is 36.7 Å². The lowest BCUT2D eigenvalue weighted by Crippen LogP contribution is -2.62. The first kappa shape index (κ1) is 41.9. The SMILES string of the molecule is Cn1c(-c2cn(-c3cc4cc(CO)[nH]c4cn3)nc2C(F)(F)F)cnc1C(=O)Nc1ccc(C(=O)N2CCN(C(=O)C3CC[N+](CC(=O)O)(CC4CNC4)CC3)CC2)c(Cl)c1. The molecule has 0 bridgehead atoms. The summed E-state index contributed by atoms with van der Waals surface area (Å²) in [5.74, 6) is -1.74. The monoisotopic (exact) mass is 866 g/mol. The van der Waals surface area contributed by atoms with E-state index >= 15 is 0 Å². The van der Waals surface area contributed by atoms with E-state index in [2.05, 4.69) is 30.7 Å². The summed E-state index contributed by atoms with van der Waals surface area (Å²) >= 11 is 6.56. The number of nitrogens with one attached hydrogen (secondary N) is 3. The van der Waals surface area contributed by atoms with Crippen LogP contribution in [0.2, 0.25) is 5.02 Å². The molecule has 5 N–H and O–H groups in total. The van der Waals surface area contributed by atoms with Gasteiger partial charge in [0.15, 0.2) is 23.9 Å². The number of carboxylic acid groups (broad SMARTS) is 1. The summed E-state index contributed by atoms with van der Waals surface area (Å²) < 4.78 is 45.6. The highest BCUT2D eigenvalue weighted by Gasteiger charge is 2.43. The van der Waals surface area contributed by atoms with E-state index in [1.54, 1.807) is 15.9 Å². The number of aliphatic hydroxyl groups excluding tert-OH is 1. The van der Waals surface area contributed by atoms with Gasteiger partial charge in [0, 0.05) is 94.0 Å². The predicted octanol–water partition coefficient (Wildman–Crippen LogP) is 3.38. The zero-order valence-electron chi connectivity index (χ0n) is 33.1. The molecule has 1 aromatic carbocycles. The quantitative estimate of drug-likeness (QED) is 0.123. The van der Waals surface area contributed by atoms with E-state index in [0.29, 0.717) is 79.1 Å². The van der Waals surface area contributed by atoms with Crippen molar-refractivity contribution >= 4 is 51.9 Å². The van der Waals surface area contributed by atoms with Crippen molar-refractivity contribution in [1.82, 2.24) is 44.4 Å². The van der Waals surface area contributed by atoms with Gasteiger partial charge in [0.25, 0.3) is 11.8 Å². The molecule has 5 aromatic rings. The van der Waals surface area contributed by atoms with Crippen molar-refractivity contribution in [3.8, 4) is 17.1 Å². The number of imidazole rings is 1. The average molecular weight is 867 g/mol. The van der Waals surface area contributed by atoms with Gasteiger partial charge in [0.05, 0.1) is 66.0 Å². The van der Waals surface area contributed by atoms with Gasteiger partial charge in [-0.1, -0.05) is 11.6 Å². The van der Waals surface area contributed by atoms with Crippen molar-refractivity contribution < 1.29 is 47.0 Å². The number of nitrogens with zero attached hydrogens (tertiary/aromatic N) is 8. The molecular formula is C40H44ClF3N11O6+. The zero-order chi connectivity index (χ0) is 43.2. The zero-order valence-corrected chi connectivity index (χ0v) is 33.8. The van der Waals surface area contributed by atoms with Crippen molar-refractivity contribution in [3.05, 3.63) is 76.7 Å². The van der Waals surface area contributed by atoms with E-state index in [9.17, 15) is 42.6 Å². The normalized spacial score (nSPS) is 19.9. The molecule has 3 saturated heterocycles. The second-order valence-corrected chi connectivity index (χ2v) is 16.4. The number of pyridine rings is 1. The van der Waals surface area contributed by atoms with Crippen molar-refractivity contribution in [2.45, 2.75) is 25.6 Å². The topological polar surface area (TPSA) is 204 Å². The third-order valence-electron chi connectivity index (χ3n) is 12.0. The van der Waals surface area contributed by atoms with E-state index in [-0.39, 0.29) is 70.1 Å². The number of aliphatic hydroxyl groups is 1. The number of rotatable bonds is 11. The minimum absolute atomic E-state index is 0.0285. The maximum absolute atomic E-state index is 14.3. The number of quaternary nitrogens is 1.